The van der Waals surface area contributed by atoms with Gasteiger partial charge in [0.1, 0.15) is 0 Å². The van der Waals surface area contributed by atoms with Gasteiger partial charge in [0.25, 0.3) is 0 Å². The Hall–Kier alpha value is -0.820. The minimum absolute atomic E-state index is 0.229. The lowest BCUT2D eigenvalue weighted by Crippen LogP contribution is -2.09. The largest absolute Gasteiger partial charge is 0.324 e. The molecule has 13 heavy (non-hydrogen) atoms. The molecule has 1 rings (SSSR count). The van der Waals surface area contributed by atoms with E-state index in [2.05, 4.69) is 31.2 Å². The van der Waals surface area contributed by atoms with Crippen LogP contribution in [0.2, 0.25) is 0 Å². The van der Waals surface area contributed by atoms with E-state index in [0.717, 1.165) is 6.42 Å². The van der Waals surface area contributed by atoms with E-state index in [1.54, 1.807) is 0 Å². The van der Waals surface area contributed by atoms with Crippen LogP contribution in [0.15, 0.2) is 30.3 Å². The van der Waals surface area contributed by atoms with Crippen LogP contribution >= 0.6 is 0 Å². The maximum Gasteiger partial charge on any atom is 0.0294 e. The highest BCUT2D eigenvalue weighted by molar-refractivity contribution is 5.18. The van der Waals surface area contributed by atoms with Crippen LogP contribution in [0.1, 0.15) is 44.2 Å². The highest BCUT2D eigenvalue weighted by Crippen LogP contribution is 2.16. The van der Waals surface area contributed by atoms with Gasteiger partial charge in [-0.05, 0) is 12.0 Å². The van der Waals surface area contributed by atoms with Crippen molar-refractivity contribution in [2.45, 2.75) is 38.6 Å². The van der Waals surface area contributed by atoms with Gasteiger partial charge in [-0.15, -0.1) is 0 Å². The third kappa shape index (κ3) is 3.60. The third-order valence-corrected chi connectivity index (χ3v) is 2.35. The van der Waals surface area contributed by atoms with Crippen LogP contribution in [0.4, 0.5) is 0 Å². The van der Waals surface area contributed by atoms with Crippen LogP contribution in [0, 0.1) is 0 Å². The summed E-state index contributed by atoms with van der Waals surface area (Å²) in [6, 6.07) is 10.6. The van der Waals surface area contributed by atoms with Gasteiger partial charge in [-0.1, -0.05) is 56.5 Å². The fourth-order valence-electron chi connectivity index (χ4n) is 1.48. The topological polar surface area (TPSA) is 26.0 Å². The SMILES string of the molecule is CCCCCC(N)c1ccccc1. The summed E-state index contributed by atoms with van der Waals surface area (Å²) in [4.78, 5) is 0. The summed E-state index contributed by atoms with van der Waals surface area (Å²) < 4.78 is 0. The van der Waals surface area contributed by atoms with Crippen molar-refractivity contribution in [3.63, 3.8) is 0 Å². The Kier molecular flexibility index (Phi) is 4.55. The third-order valence-electron chi connectivity index (χ3n) is 2.35. The molecule has 1 unspecified atom stereocenters. The number of nitrogens with two attached hydrogens (primary N) is 1. The summed E-state index contributed by atoms with van der Waals surface area (Å²) in [6.45, 7) is 2.22. The van der Waals surface area contributed by atoms with E-state index in [4.69, 9.17) is 5.73 Å². The minimum atomic E-state index is 0.229. The molecular weight excluding hydrogens is 158 g/mol. The second kappa shape index (κ2) is 5.76. The van der Waals surface area contributed by atoms with Crippen molar-refractivity contribution in [3.05, 3.63) is 35.9 Å². The average molecular weight is 177 g/mol. The van der Waals surface area contributed by atoms with E-state index in [1.807, 2.05) is 6.07 Å². The predicted octanol–water partition coefficient (Wildman–Crippen LogP) is 3.27. The van der Waals surface area contributed by atoms with Gasteiger partial charge in [0.2, 0.25) is 0 Å². The summed E-state index contributed by atoms with van der Waals surface area (Å²) in [5.74, 6) is 0. The Bertz CT molecular complexity index is 218. The van der Waals surface area contributed by atoms with Crippen molar-refractivity contribution in [1.29, 1.82) is 0 Å². The normalized spacial score (nSPS) is 12.8. The Balaban J connectivity index is 2.35. The molecule has 0 aliphatic rings. The number of benzene rings is 1. The molecule has 1 aromatic rings. The maximum atomic E-state index is 6.04. The van der Waals surface area contributed by atoms with Crippen molar-refractivity contribution in [1.82, 2.24) is 0 Å². The molecule has 0 spiro atoms. The van der Waals surface area contributed by atoms with Crippen LogP contribution in [-0.4, -0.2) is 0 Å². The molecule has 0 saturated carbocycles. The Morgan fingerprint density at radius 3 is 2.46 bits per heavy atom. The fourth-order valence-corrected chi connectivity index (χ4v) is 1.48. The summed E-state index contributed by atoms with van der Waals surface area (Å²) in [7, 11) is 0. The average Bonchev–Trinajstić information content (AvgIpc) is 2.19. The summed E-state index contributed by atoms with van der Waals surface area (Å²) >= 11 is 0. The second-order valence-corrected chi connectivity index (χ2v) is 3.51. The van der Waals surface area contributed by atoms with Crippen LogP contribution in [0.25, 0.3) is 0 Å². The predicted molar refractivity (Wildman–Crippen MR) is 57.5 cm³/mol. The van der Waals surface area contributed by atoms with Crippen LogP contribution < -0.4 is 5.73 Å². The molecule has 1 atom stereocenters. The maximum absolute atomic E-state index is 6.04. The van der Waals surface area contributed by atoms with Gasteiger partial charge in [-0.25, -0.2) is 0 Å². The van der Waals surface area contributed by atoms with Crippen molar-refractivity contribution in [3.8, 4) is 0 Å². The van der Waals surface area contributed by atoms with E-state index in [1.165, 1.54) is 24.8 Å². The summed E-state index contributed by atoms with van der Waals surface area (Å²) in [5, 5.41) is 0. The molecule has 0 bridgehead atoms. The summed E-state index contributed by atoms with van der Waals surface area (Å²) in [5.41, 5.74) is 7.30. The van der Waals surface area contributed by atoms with E-state index < -0.39 is 0 Å². The number of rotatable bonds is 5. The van der Waals surface area contributed by atoms with Crippen molar-refractivity contribution in [2.24, 2.45) is 5.73 Å². The highest BCUT2D eigenvalue weighted by atomic mass is 14.6. The smallest absolute Gasteiger partial charge is 0.0294 e. The molecule has 72 valence electrons. The zero-order chi connectivity index (χ0) is 9.52. The molecule has 0 aliphatic carbocycles. The molecule has 1 heteroatoms. The Morgan fingerprint density at radius 1 is 1.15 bits per heavy atom. The first kappa shape index (κ1) is 10.3. The zero-order valence-corrected chi connectivity index (χ0v) is 8.37. The fraction of sp³-hybridized carbons (Fsp3) is 0.500. The molecule has 0 amide bonds. The van der Waals surface area contributed by atoms with Crippen LogP contribution in [0.3, 0.4) is 0 Å². The van der Waals surface area contributed by atoms with Gasteiger partial charge < -0.3 is 5.73 Å². The van der Waals surface area contributed by atoms with Crippen molar-refractivity contribution < 1.29 is 0 Å². The Labute approximate surface area is 81.0 Å². The van der Waals surface area contributed by atoms with Gasteiger partial charge in [-0.3, -0.25) is 0 Å². The molecule has 1 aromatic carbocycles. The monoisotopic (exact) mass is 177 g/mol. The van der Waals surface area contributed by atoms with Crippen LogP contribution in [-0.2, 0) is 0 Å². The lowest BCUT2D eigenvalue weighted by atomic mass is 10.0. The second-order valence-electron chi connectivity index (χ2n) is 3.51. The standard InChI is InChI=1S/C12H19N/c1-2-3-5-10-12(13)11-8-6-4-7-9-11/h4,6-9,12H,2-3,5,10,13H2,1H3. The van der Waals surface area contributed by atoms with Crippen molar-refractivity contribution >= 4 is 0 Å². The molecule has 1 nitrogen and oxygen atoms in total. The van der Waals surface area contributed by atoms with Gasteiger partial charge in [0, 0.05) is 6.04 Å². The number of hydrogen-bond donors (Lipinski definition) is 1. The first-order valence-electron chi connectivity index (χ1n) is 5.15. The number of unbranched alkanes of at least 4 members (excludes halogenated alkanes) is 2. The first-order valence-corrected chi connectivity index (χ1v) is 5.15. The minimum Gasteiger partial charge on any atom is -0.324 e. The van der Waals surface area contributed by atoms with Gasteiger partial charge >= 0.3 is 0 Å². The van der Waals surface area contributed by atoms with Gasteiger partial charge in [-0.2, -0.15) is 0 Å². The lowest BCUT2D eigenvalue weighted by molar-refractivity contribution is 0.581. The number of hydrogen-bond acceptors (Lipinski definition) is 1. The van der Waals surface area contributed by atoms with E-state index in [0.29, 0.717) is 0 Å². The molecule has 0 radical (unpaired) electrons. The molecule has 0 saturated heterocycles. The molecule has 0 fully saturated rings. The highest BCUT2D eigenvalue weighted by Gasteiger charge is 2.03. The molecular formula is C12H19N. The first-order chi connectivity index (χ1) is 6.34. The lowest BCUT2D eigenvalue weighted by Gasteiger charge is -2.10. The quantitative estimate of drug-likeness (QED) is 0.686. The van der Waals surface area contributed by atoms with Gasteiger partial charge in [0.05, 0.1) is 0 Å². The Morgan fingerprint density at radius 2 is 1.85 bits per heavy atom. The zero-order valence-electron chi connectivity index (χ0n) is 8.37. The molecule has 0 aliphatic heterocycles. The molecule has 0 heterocycles. The van der Waals surface area contributed by atoms with Gasteiger partial charge in [0.15, 0.2) is 0 Å². The van der Waals surface area contributed by atoms with Crippen LogP contribution in [0.5, 0.6) is 0 Å². The van der Waals surface area contributed by atoms with E-state index in [9.17, 15) is 0 Å². The molecule has 0 aromatic heterocycles. The molecule has 2 N–H and O–H groups in total. The van der Waals surface area contributed by atoms with E-state index in [-0.39, 0.29) is 6.04 Å². The van der Waals surface area contributed by atoms with Crippen molar-refractivity contribution in [2.75, 3.05) is 0 Å². The van der Waals surface area contributed by atoms with E-state index >= 15 is 0 Å². The summed E-state index contributed by atoms with van der Waals surface area (Å²) in [6.07, 6.45) is 4.91.